The number of amides is 1. The second-order valence-electron chi connectivity index (χ2n) is 4.38. The second-order valence-corrected chi connectivity index (χ2v) is 5.39. The molecule has 1 saturated heterocycles. The van der Waals surface area contributed by atoms with Crippen molar-refractivity contribution in [2.24, 2.45) is 5.92 Å². The molecule has 0 aromatic heterocycles. The van der Waals surface area contributed by atoms with Crippen LogP contribution in [0.25, 0.3) is 0 Å². The molecule has 6 heteroatoms. The van der Waals surface area contributed by atoms with Gasteiger partial charge in [-0.05, 0) is 19.2 Å². The summed E-state index contributed by atoms with van der Waals surface area (Å²) in [6, 6.07) is 0.111. The monoisotopic (exact) mass is 275 g/mol. The molecule has 17 heavy (non-hydrogen) atoms. The SMILES string of the molecule is CC1C2C=CN(CC=C(Cl)Cl)C2C(=O)NN1C. The van der Waals surface area contributed by atoms with Crippen LogP contribution in [0.4, 0.5) is 0 Å². The molecule has 2 aliphatic rings. The summed E-state index contributed by atoms with van der Waals surface area (Å²) >= 11 is 11.2. The smallest absolute Gasteiger partial charge is 0.257 e. The van der Waals surface area contributed by atoms with E-state index in [0.29, 0.717) is 6.54 Å². The van der Waals surface area contributed by atoms with E-state index < -0.39 is 0 Å². The van der Waals surface area contributed by atoms with Crippen LogP contribution in [-0.2, 0) is 4.79 Å². The van der Waals surface area contributed by atoms with E-state index in [1.165, 1.54) is 0 Å². The van der Waals surface area contributed by atoms with Gasteiger partial charge in [-0.1, -0.05) is 29.3 Å². The summed E-state index contributed by atoms with van der Waals surface area (Å²) in [5.41, 5.74) is 2.84. The van der Waals surface area contributed by atoms with Crippen molar-refractivity contribution in [2.75, 3.05) is 13.6 Å². The van der Waals surface area contributed by atoms with Crippen LogP contribution in [0.1, 0.15) is 6.92 Å². The van der Waals surface area contributed by atoms with Gasteiger partial charge in [0.05, 0.1) is 0 Å². The lowest BCUT2D eigenvalue weighted by molar-refractivity contribution is -0.137. The first-order chi connectivity index (χ1) is 8.00. The quantitative estimate of drug-likeness (QED) is 0.830. The molecule has 2 aliphatic heterocycles. The summed E-state index contributed by atoms with van der Waals surface area (Å²) in [4.78, 5) is 13.9. The van der Waals surface area contributed by atoms with Gasteiger partial charge >= 0.3 is 0 Å². The maximum absolute atomic E-state index is 12.0. The number of nitrogens with one attached hydrogen (secondary N) is 1. The van der Waals surface area contributed by atoms with Crippen LogP contribution in [0.15, 0.2) is 22.8 Å². The number of carbonyl (C=O) groups is 1. The van der Waals surface area contributed by atoms with Gasteiger partial charge in [0, 0.05) is 25.6 Å². The van der Waals surface area contributed by atoms with Gasteiger partial charge in [-0.25, -0.2) is 5.01 Å². The van der Waals surface area contributed by atoms with E-state index >= 15 is 0 Å². The molecule has 2 rings (SSSR count). The molecular weight excluding hydrogens is 261 g/mol. The molecule has 0 aliphatic carbocycles. The first kappa shape index (κ1) is 12.7. The van der Waals surface area contributed by atoms with Gasteiger partial charge in [0.1, 0.15) is 10.5 Å². The average Bonchev–Trinajstić information content (AvgIpc) is 2.67. The van der Waals surface area contributed by atoms with Crippen molar-refractivity contribution in [1.82, 2.24) is 15.3 Å². The number of halogens is 2. The number of nitrogens with zero attached hydrogens (tertiary/aromatic N) is 2. The normalized spacial score (nSPS) is 32.4. The zero-order valence-electron chi connectivity index (χ0n) is 9.73. The molecule has 0 saturated carbocycles. The lowest BCUT2D eigenvalue weighted by atomic mass is 9.91. The topological polar surface area (TPSA) is 35.6 Å². The Balaban J connectivity index is 2.12. The van der Waals surface area contributed by atoms with E-state index in [4.69, 9.17) is 23.2 Å². The van der Waals surface area contributed by atoms with E-state index in [1.54, 1.807) is 6.08 Å². The second kappa shape index (κ2) is 4.88. The van der Waals surface area contributed by atoms with Crippen molar-refractivity contribution in [2.45, 2.75) is 19.0 Å². The predicted molar refractivity (Wildman–Crippen MR) is 68.3 cm³/mol. The Morgan fingerprint density at radius 1 is 1.59 bits per heavy atom. The van der Waals surface area contributed by atoms with E-state index in [9.17, 15) is 4.79 Å². The summed E-state index contributed by atoms with van der Waals surface area (Å²) < 4.78 is 0.225. The molecule has 0 aromatic carbocycles. The number of hydrazine groups is 1. The molecule has 0 radical (unpaired) electrons. The zero-order chi connectivity index (χ0) is 12.6. The van der Waals surface area contributed by atoms with Crippen molar-refractivity contribution >= 4 is 29.1 Å². The predicted octanol–water partition coefficient (Wildman–Crippen LogP) is 1.48. The minimum Gasteiger partial charge on any atom is -0.362 e. The lowest BCUT2D eigenvalue weighted by Gasteiger charge is -2.40. The molecule has 1 amide bonds. The summed E-state index contributed by atoms with van der Waals surface area (Å²) in [6.07, 6.45) is 5.70. The van der Waals surface area contributed by atoms with Gasteiger partial charge in [0.25, 0.3) is 5.91 Å². The fraction of sp³-hybridized carbons (Fsp3) is 0.545. The maximum Gasteiger partial charge on any atom is 0.257 e. The minimum absolute atomic E-state index is 0.0136. The van der Waals surface area contributed by atoms with Crippen LogP contribution >= 0.6 is 23.2 Å². The molecule has 4 nitrogen and oxygen atoms in total. The molecule has 1 N–H and O–H groups in total. The summed E-state index contributed by atoms with van der Waals surface area (Å²) in [7, 11) is 1.88. The highest BCUT2D eigenvalue weighted by atomic mass is 35.5. The number of hydrogen-bond acceptors (Lipinski definition) is 3. The number of carbonyl (C=O) groups excluding carboxylic acids is 1. The fourth-order valence-corrected chi connectivity index (χ4v) is 2.47. The number of fused-ring (bicyclic) bond motifs is 1. The van der Waals surface area contributed by atoms with E-state index in [0.717, 1.165) is 0 Å². The molecule has 0 aromatic rings. The molecule has 94 valence electrons. The Kier molecular flexibility index (Phi) is 3.66. The summed E-state index contributed by atoms with van der Waals surface area (Å²) in [5.74, 6) is 0.218. The Bertz CT molecular complexity index is 379. The van der Waals surface area contributed by atoms with Crippen molar-refractivity contribution < 1.29 is 4.79 Å². The minimum atomic E-state index is -0.162. The van der Waals surface area contributed by atoms with Crippen LogP contribution < -0.4 is 5.43 Å². The van der Waals surface area contributed by atoms with Crippen LogP contribution in [-0.4, -0.2) is 41.5 Å². The Morgan fingerprint density at radius 3 is 2.94 bits per heavy atom. The molecule has 3 atom stereocenters. The molecule has 3 unspecified atom stereocenters. The highest BCUT2D eigenvalue weighted by molar-refractivity contribution is 6.55. The largest absolute Gasteiger partial charge is 0.362 e. The van der Waals surface area contributed by atoms with Crippen molar-refractivity contribution in [3.05, 3.63) is 22.8 Å². The van der Waals surface area contributed by atoms with Gasteiger partial charge < -0.3 is 4.90 Å². The summed E-state index contributed by atoms with van der Waals surface area (Å²) in [5, 5.41) is 1.85. The van der Waals surface area contributed by atoms with Crippen molar-refractivity contribution in [3.8, 4) is 0 Å². The Hall–Kier alpha value is -0.710. The molecular formula is C11H15Cl2N3O. The number of hydrogen-bond donors (Lipinski definition) is 1. The average molecular weight is 276 g/mol. The first-order valence-electron chi connectivity index (χ1n) is 5.49. The molecule has 0 bridgehead atoms. The third-order valence-electron chi connectivity index (χ3n) is 3.40. The third-order valence-corrected chi connectivity index (χ3v) is 3.71. The van der Waals surface area contributed by atoms with Gasteiger partial charge in [0.15, 0.2) is 0 Å². The van der Waals surface area contributed by atoms with Crippen LogP contribution in [0.3, 0.4) is 0 Å². The first-order valence-corrected chi connectivity index (χ1v) is 6.25. The van der Waals surface area contributed by atoms with Crippen LogP contribution in [0.5, 0.6) is 0 Å². The van der Waals surface area contributed by atoms with Gasteiger partial charge in [-0.15, -0.1) is 0 Å². The van der Waals surface area contributed by atoms with Crippen LogP contribution in [0, 0.1) is 5.92 Å². The highest BCUT2D eigenvalue weighted by Crippen LogP contribution is 2.29. The maximum atomic E-state index is 12.0. The summed E-state index contributed by atoms with van der Waals surface area (Å²) in [6.45, 7) is 2.64. The lowest BCUT2D eigenvalue weighted by Crippen LogP contribution is -2.62. The highest BCUT2D eigenvalue weighted by Gasteiger charge is 2.43. The van der Waals surface area contributed by atoms with Crippen molar-refractivity contribution in [3.63, 3.8) is 0 Å². The van der Waals surface area contributed by atoms with Gasteiger partial charge in [0.2, 0.25) is 0 Å². The molecule has 0 spiro atoms. The fourth-order valence-electron chi connectivity index (χ4n) is 2.33. The Morgan fingerprint density at radius 2 is 2.29 bits per heavy atom. The standard InChI is InChI=1S/C11H15Cl2N3O/c1-7-8-3-5-16(6-4-9(12)13)10(8)11(17)14-15(7)2/h3-5,7-8,10H,6H2,1-2H3,(H,14,17). The van der Waals surface area contributed by atoms with E-state index in [2.05, 4.69) is 18.4 Å². The third kappa shape index (κ3) is 2.44. The molecule has 2 heterocycles. The Labute approximate surface area is 111 Å². The van der Waals surface area contributed by atoms with E-state index in [1.807, 2.05) is 23.2 Å². The van der Waals surface area contributed by atoms with Gasteiger partial charge in [-0.3, -0.25) is 10.2 Å². The number of rotatable bonds is 2. The van der Waals surface area contributed by atoms with Crippen molar-refractivity contribution in [1.29, 1.82) is 0 Å². The zero-order valence-corrected chi connectivity index (χ0v) is 11.2. The molecule has 1 fully saturated rings. The van der Waals surface area contributed by atoms with Crippen LogP contribution in [0.2, 0.25) is 0 Å². The van der Waals surface area contributed by atoms with E-state index in [-0.39, 0.29) is 28.4 Å². The van der Waals surface area contributed by atoms with Gasteiger partial charge in [-0.2, -0.15) is 0 Å².